The van der Waals surface area contributed by atoms with Crippen molar-refractivity contribution in [2.75, 3.05) is 30.8 Å². The van der Waals surface area contributed by atoms with E-state index in [2.05, 4.69) is 57.6 Å². The maximum absolute atomic E-state index is 5.98. The van der Waals surface area contributed by atoms with Crippen LogP contribution in [0, 0.1) is 0 Å². The van der Waals surface area contributed by atoms with E-state index in [1.54, 1.807) is 6.20 Å². The van der Waals surface area contributed by atoms with Crippen molar-refractivity contribution in [2.45, 2.75) is 31.7 Å². The lowest BCUT2D eigenvalue weighted by molar-refractivity contribution is 0.0543. The summed E-state index contributed by atoms with van der Waals surface area (Å²) in [5.41, 5.74) is 9.04. The second kappa shape index (κ2) is 7.98. The van der Waals surface area contributed by atoms with Gasteiger partial charge in [-0.2, -0.15) is 10.1 Å². The summed E-state index contributed by atoms with van der Waals surface area (Å²) in [6, 6.07) is 12.6. The summed E-state index contributed by atoms with van der Waals surface area (Å²) >= 11 is 0. The molecule has 1 fully saturated rings. The first-order chi connectivity index (χ1) is 13.7. The summed E-state index contributed by atoms with van der Waals surface area (Å²) in [5.74, 6) is 0.985. The van der Waals surface area contributed by atoms with E-state index in [4.69, 9.17) is 10.5 Å². The maximum Gasteiger partial charge on any atom is 0.222 e. The van der Waals surface area contributed by atoms with Gasteiger partial charge in [-0.15, -0.1) is 0 Å². The molecule has 0 amide bonds. The van der Waals surface area contributed by atoms with E-state index in [0.29, 0.717) is 0 Å². The topological polar surface area (TPSA) is 90.9 Å². The van der Waals surface area contributed by atoms with E-state index >= 15 is 0 Å². The monoisotopic (exact) mass is 378 g/mol. The lowest BCUT2D eigenvalue weighted by atomic mass is 9.74. The minimum atomic E-state index is 0.0203. The van der Waals surface area contributed by atoms with E-state index in [-0.39, 0.29) is 11.4 Å². The molecule has 0 bridgehead atoms. The van der Waals surface area contributed by atoms with Crippen molar-refractivity contribution < 1.29 is 4.74 Å². The molecule has 0 spiro atoms. The van der Waals surface area contributed by atoms with Gasteiger partial charge >= 0.3 is 0 Å². The summed E-state index contributed by atoms with van der Waals surface area (Å²) in [4.78, 5) is 8.77. The molecule has 3 aromatic rings. The molecule has 28 heavy (non-hydrogen) atoms. The summed E-state index contributed by atoms with van der Waals surface area (Å²) in [7, 11) is 0. The lowest BCUT2D eigenvalue weighted by Crippen LogP contribution is -2.40. The Morgan fingerprint density at radius 2 is 1.96 bits per heavy atom. The number of ether oxygens (including phenoxy) is 1. The third-order valence-corrected chi connectivity index (χ3v) is 5.44. The standard InChI is InChI=1S/C21H26N6O/c1-2-27-14-16(13-24-27)18-12-19(26-20(22)25-18)23-15-21(8-10-28-11-9-21)17-6-4-3-5-7-17/h3-7,12-14H,2,8-11,15H2,1H3,(H3,22,23,25,26). The van der Waals surface area contributed by atoms with Crippen LogP contribution in [0.5, 0.6) is 0 Å². The van der Waals surface area contributed by atoms with Gasteiger partial charge in [0.2, 0.25) is 5.95 Å². The highest BCUT2D eigenvalue weighted by Gasteiger charge is 2.34. The molecule has 1 aliphatic rings. The fourth-order valence-electron chi connectivity index (χ4n) is 3.75. The van der Waals surface area contributed by atoms with Gasteiger partial charge in [0.05, 0.1) is 11.9 Å². The van der Waals surface area contributed by atoms with Crippen molar-refractivity contribution in [3.05, 3.63) is 54.4 Å². The maximum atomic E-state index is 5.98. The molecule has 0 aliphatic carbocycles. The number of nitrogens with two attached hydrogens (primary N) is 1. The molecule has 3 heterocycles. The molecule has 7 heteroatoms. The fraction of sp³-hybridized carbons (Fsp3) is 0.381. The van der Waals surface area contributed by atoms with Crippen LogP contribution in [0.3, 0.4) is 0 Å². The zero-order valence-corrected chi connectivity index (χ0v) is 16.1. The van der Waals surface area contributed by atoms with Gasteiger partial charge < -0.3 is 15.8 Å². The van der Waals surface area contributed by atoms with Crippen LogP contribution in [0.1, 0.15) is 25.3 Å². The highest BCUT2D eigenvalue weighted by Crippen LogP contribution is 2.35. The minimum Gasteiger partial charge on any atom is -0.381 e. The highest BCUT2D eigenvalue weighted by molar-refractivity contribution is 5.62. The second-order valence-electron chi connectivity index (χ2n) is 7.19. The molecule has 3 N–H and O–H groups in total. The molecule has 1 aliphatic heterocycles. The molecule has 0 atom stereocenters. The van der Waals surface area contributed by atoms with Crippen LogP contribution >= 0.6 is 0 Å². The molecule has 146 valence electrons. The summed E-state index contributed by atoms with van der Waals surface area (Å²) in [6.07, 6.45) is 5.72. The number of nitrogen functional groups attached to an aromatic ring is 1. The molecule has 2 aromatic heterocycles. The van der Waals surface area contributed by atoms with Crippen LogP contribution in [-0.2, 0) is 16.7 Å². The van der Waals surface area contributed by atoms with Gasteiger partial charge in [-0.1, -0.05) is 30.3 Å². The quantitative estimate of drug-likeness (QED) is 0.685. The van der Waals surface area contributed by atoms with Gasteiger partial charge in [0, 0.05) is 49.5 Å². The molecular formula is C21H26N6O. The largest absolute Gasteiger partial charge is 0.381 e. The van der Waals surface area contributed by atoms with E-state index in [1.807, 2.05) is 16.9 Å². The number of nitrogens with zero attached hydrogens (tertiary/aromatic N) is 4. The summed E-state index contributed by atoms with van der Waals surface area (Å²) in [6.45, 7) is 5.17. The first-order valence-electron chi connectivity index (χ1n) is 9.73. The molecule has 1 saturated heterocycles. The number of anilines is 2. The summed E-state index contributed by atoms with van der Waals surface area (Å²) < 4.78 is 7.49. The van der Waals surface area contributed by atoms with Gasteiger partial charge in [-0.05, 0) is 25.3 Å². The Morgan fingerprint density at radius 1 is 1.18 bits per heavy atom. The van der Waals surface area contributed by atoms with E-state index in [0.717, 1.165) is 56.2 Å². The van der Waals surface area contributed by atoms with E-state index < -0.39 is 0 Å². The van der Waals surface area contributed by atoms with Crippen LogP contribution < -0.4 is 11.1 Å². The lowest BCUT2D eigenvalue weighted by Gasteiger charge is -2.38. The van der Waals surface area contributed by atoms with E-state index in [9.17, 15) is 0 Å². The molecule has 4 rings (SSSR count). The van der Waals surface area contributed by atoms with Crippen LogP contribution in [0.2, 0.25) is 0 Å². The molecule has 0 unspecified atom stereocenters. The Labute approximate surface area is 165 Å². The Bertz CT molecular complexity index is 918. The fourth-order valence-corrected chi connectivity index (χ4v) is 3.75. The van der Waals surface area contributed by atoms with Gasteiger partial charge in [0.25, 0.3) is 0 Å². The van der Waals surface area contributed by atoms with Gasteiger partial charge in [-0.3, -0.25) is 4.68 Å². The Balaban J connectivity index is 1.58. The molecule has 7 nitrogen and oxygen atoms in total. The van der Waals surface area contributed by atoms with Gasteiger partial charge in [-0.25, -0.2) is 4.98 Å². The third kappa shape index (κ3) is 3.84. The Hall–Kier alpha value is -2.93. The van der Waals surface area contributed by atoms with Crippen molar-refractivity contribution in [3.8, 4) is 11.3 Å². The summed E-state index contributed by atoms with van der Waals surface area (Å²) in [5, 5.41) is 7.83. The number of hydrogen-bond donors (Lipinski definition) is 2. The predicted molar refractivity (Wildman–Crippen MR) is 110 cm³/mol. The van der Waals surface area contributed by atoms with E-state index in [1.165, 1.54) is 5.56 Å². The van der Waals surface area contributed by atoms with Gasteiger partial charge in [0.15, 0.2) is 0 Å². The number of benzene rings is 1. The zero-order chi connectivity index (χ0) is 19.4. The van der Waals surface area contributed by atoms with Crippen LogP contribution in [-0.4, -0.2) is 39.5 Å². The Kier molecular flexibility index (Phi) is 5.25. The average molecular weight is 378 g/mol. The van der Waals surface area contributed by atoms with Crippen LogP contribution in [0.15, 0.2) is 48.8 Å². The van der Waals surface area contributed by atoms with Crippen LogP contribution in [0.4, 0.5) is 11.8 Å². The molecule has 0 saturated carbocycles. The number of hydrogen-bond acceptors (Lipinski definition) is 6. The van der Waals surface area contributed by atoms with Crippen molar-refractivity contribution in [2.24, 2.45) is 0 Å². The predicted octanol–water partition coefficient (Wildman–Crippen LogP) is 3.10. The Morgan fingerprint density at radius 3 is 2.68 bits per heavy atom. The van der Waals surface area contributed by atoms with Crippen molar-refractivity contribution in [1.82, 2.24) is 19.7 Å². The zero-order valence-electron chi connectivity index (χ0n) is 16.1. The normalized spacial score (nSPS) is 16.0. The number of rotatable bonds is 6. The number of aryl methyl sites for hydroxylation is 1. The van der Waals surface area contributed by atoms with Crippen molar-refractivity contribution >= 4 is 11.8 Å². The first-order valence-corrected chi connectivity index (χ1v) is 9.73. The SMILES string of the molecule is CCn1cc(-c2cc(NCC3(c4ccccc4)CCOCC3)nc(N)n2)cn1. The number of aromatic nitrogens is 4. The molecular weight excluding hydrogens is 352 g/mol. The van der Waals surface area contributed by atoms with Crippen LogP contribution in [0.25, 0.3) is 11.3 Å². The molecule has 1 aromatic carbocycles. The number of nitrogens with one attached hydrogen (secondary N) is 1. The van der Waals surface area contributed by atoms with Crippen molar-refractivity contribution in [1.29, 1.82) is 0 Å². The highest BCUT2D eigenvalue weighted by atomic mass is 16.5. The minimum absolute atomic E-state index is 0.0203. The molecule has 0 radical (unpaired) electrons. The van der Waals surface area contributed by atoms with Gasteiger partial charge in [0.1, 0.15) is 5.82 Å². The first kappa shape index (κ1) is 18.4. The van der Waals surface area contributed by atoms with Crippen molar-refractivity contribution in [3.63, 3.8) is 0 Å². The second-order valence-corrected chi connectivity index (χ2v) is 7.19. The smallest absolute Gasteiger partial charge is 0.222 e. The average Bonchev–Trinajstić information content (AvgIpc) is 3.23. The third-order valence-electron chi connectivity index (χ3n) is 5.44.